The topological polar surface area (TPSA) is 32.3 Å². The molecule has 0 aliphatic rings. The summed E-state index contributed by atoms with van der Waals surface area (Å²) in [5.41, 5.74) is 2.21. The van der Waals surface area contributed by atoms with E-state index in [4.69, 9.17) is 0 Å². The van der Waals surface area contributed by atoms with Crippen LogP contribution in [0.4, 0.5) is 0 Å². The van der Waals surface area contributed by atoms with Crippen LogP contribution in [0.5, 0.6) is 0 Å². The van der Waals surface area contributed by atoms with E-state index in [1.165, 1.54) is 10.3 Å². The summed E-state index contributed by atoms with van der Waals surface area (Å²) in [6, 6.07) is 6.62. The lowest BCUT2D eigenvalue weighted by Crippen LogP contribution is -2.27. The van der Waals surface area contributed by atoms with Gasteiger partial charge < -0.3 is 5.11 Å². The van der Waals surface area contributed by atoms with Gasteiger partial charge in [-0.25, -0.2) is 0 Å². The van der Waals surface area contributed by atoms with Crippen molar-refractivity contribution < 1.29 is 5.11 Å². The normalized spacial score (nSPS) is 13.6. The first-order valence-corrected chi connectivity index (χ1v) is 6.38. The third-order valence-corrected chi connectivity index (χ3v) is 3.53. The summed E-state index contributed by atoms with van der Waals surface area (Å²) in [4.78, 5) is 0. The third-order valence-electron chi connectivity index (χ3n) is 2.54. The van der Waals surface area contributed by atoms with Crippen molar-refractivity contribution in [2.75, 3.05) is 0 Å². The molecule has 2 aromatic rings. The molecule has 1 atom stereocenters. The number of aryl methyl sites for hydroxylation is 1. The molecule has 2 rings (SSSR count). The van der Waals surface area contributed by atoms with Gasteiger partial charge in [0.1, 0.15) is 6.23 Å². The minimum atomic E-state index is -0.574. The Kier molecular flexibility index (Phi) is 3.28. The van der Waals surface area contributed by atoms with Gasteiger partial charge in [-0.05, 0) is 37.6 Å². The predicted molar refractivity (Wildman–Crippen MR) is 69.8 cm³/mol. The maximum atomic E-state index is 10.1. The maximum Gasteiger partial charge on any atom is 0.132 e. The van der Waals surface area contributed by atoms with Gasteiger partial charge in [-0.3, -0.25) is 5.32 Å². The van der Waals surface area contributed by atoms with Crippen molar-refractivity contribution in [3.8, 4) is 0 Å². The second-order valence-electron chi connectivity index (χ2n) is 4.41. The average molecular weight is 235 g/mol. The molecule has 1 aromatic carbocycles. The van der Waals surface area contributed by atoms with Crippen molar-refractivity contribution in [1.82, 2.24) is 5.32 Å². The smallest absolute Gasteiger partial charge is 0.132 e. The van der Waals surface area contributed by atoms with Crippen molar-refractivity contribution >= 4 is 21.4 Å². The first kappa shape index (κ1) is 11.6. The second-order valence-corrected chi connectivity index (χ2v) is 5.33. The summed E-state index contributed by atoms with van der Waals surface area (Å²) in [5.74, 6) is 0. The minimum absolute atomic E-state index is 0.273. The number of hydrogen-bond donors (Lipinski definition) is 2. The average Bonchev–Trinajstić information content (AvgIpc) is 2.59. The van der Waals surface area contributed by atoms with E-state index in [1.54, 1.807) is 11.3 Å². The van der Waals surface area contributed by atoms with E-state index in [9.17, 15) is 5.11 Å². The highest BCUT2D eigenvalue weighted by Crippen LogP contribution is 2.30. The molecule has 0 spiro atoms. The van der Waals surface area contributed by atoms with E-state index in [1.807, 2.05) is 19.2 Å². The van der Waals surface area contributed by atoms with Crippen LogP contribution < -0.4 is 5.32 Å². The number of nitrogens with one attached hydrogen (secondary N) is 1. The Morgan fingerprint density at radius 3 is 2.75 bits per heavy atom. The number of aliphatic hydroxyl groups is 1. The molecule has 1 unspecified atom stereocenters. The summed E-state index contributed by atoms with van der Waals surface area (Å²) in [6.45, 7) is 6.13. The fraction of sp³-hybridized carbons (Fsp3) is 0.385. The SMILES string of the molecule is Cc1ccc2scc(C(O)NC(C)C)c2c1. The Morgan fingerprint density at radius 1 is 1.31 bits per heavy atom. The lowest BCUT2D eigenvalue weighted by atomic mass is 10.1. The van der Waals surface area contributed by atoms with Crippen molar-refractivity contribution in [1.29, 1.82) is 0 Å². The lowest BCUT2D eigenvalue weighted by Gasteiger charge is -2.15. The van der Waals surface area contributed by atoms with Crippen LogP contribution in [0.2, 0.25) is 0 Å². The highest BCUT2D eigenvalue weighted by molar-refractivity contribution is 7.17. The summed E-state index contributed by atoms with van der Waals surface area (Å²) in [5, 5.41) is 16.4. The van der Waals surface area contributed by atoms with E-state index < -0.39 is 6.23 Å². The van der Waals surface area contributed by atoms with E-state index in [2.05, 4.69) is 30.4 Å². The Bertz CT molecular complexity index is 490. The molecule has 0 aliphatic carbocycles. The van der Waals surface area contributed by atoms with Gasteiger partial charge in [-0.2, -0.15) is 0 Å². The number of benzene rings is 1. The first-order chi connectivity index (χ1) is 7.58. The third kappa shape index (κ3) is 2.26. The number of aliphatic hydroxyl groups excluding tert-OH is 1. The van der Waals surface area contributed by atoms with Crippen molar-refractivity contribution in [2.24, 2.45) is 0 Å². The van der Waals surface area contributed by atoms with Crippen LogP contribution >= 0.6 is 11.3 Å². The van der Waals surface area contributed by atoms with E-state index in [0.29, 0.717) is 0 Å². The molecule has 1 aromatic heterocycles. The highest BCUT2D eigenvalue weighted by atomic mass is 32.1. The highest BCUT2D eigenvalue weighted by Gasteiger charge is 2.13. The molecule has 0 saturated carbocycles. The Hall–Kier alpha value is -0.900. The lowest BCUT2D eigenvalue weighted by molar-refractivity contribution is 0.130. The Labute approximate surface area is 99.9 Å². The summed E-state index contributed by atoms with van der Waals surface area (Å²) >= 11 is 1.68. The molecular formula is C13H17NOS. The molecule has 0 amide bonds. The van der Waals surface area contributed by atoms with Crippen molar-refractivity contribution in [3.63, 3.8) is 0 Å². The van der Waals surface area contributed by atoms with Crippen molar-refractivity contribution in [3.05, 3.63) is 34.7 Å². The van der Waals surface area contributed by atoms with Gasteiger partial charge in [-0.1, -0.05) is 17.7 Å². The Morgan fingerprint density at radius 2 is 2.06 bits per heavy atom. The van der Waals surface area contributed by atoms with Gasteiger partial charge in [0.15, 0.2) is 0 Å². The van der Waals surface area contributed by atoms with Crippen LogP contribution in [-0.2, 0) is 0 Å². The maximum absolute atomic E-state index is 10.1. The molecular weight excluding hydrogens is 218 g/mol. The molecule has 86 valence electrons. The number of fused-ring (bicyclic) bond motifs is 1. The molecule has 0 bridgehead atoms. The van der Waals surface area contributed by atoms with Gasteiger partial charge in [0.25, 0.3) is 0 Å². The zero-order valence-electron chi connectivity index (χ0n) is 9.82. The van der Waals surface area contributed by atoms with Crippen LogP contribution in [0.1, 0.15) is 31.2 Å². The Balaban J connectivity index is 2.40. The number of rotatable bonds is 3. The zero-order chi connectivity index (χ0) is 11.7. The fourth-order valence-corrected chi connectivity index (χ4v) is 2.74. The van der Waals surface area contributed by atoms with E-state index in [0.717, 1.165) is 10.9 Å². The van der Waals surface area contributed by atoms with Gasteiger partial charge in [0.2, 0.25) is 0 Å². The fourth-order valence-electron chi connectivity index (χ4n) is 1.78. The molecule has 0 fully saturated rings. The van der Waals surface area contributed by atoms with Crippen molar-refractivity contribution in [2.45, 2.75) is 33.0 Å². The van der Waals surface area contributed by atoms with Gasteiger partial charge in [0, 0.05) is 16.3 Å². The standard InChI is InChI=1S/C13H17NOS/c1-8(2)14-13(15)11-7-16-12-5-4-9(3)6-10(11)12/h4-8,13-15H,1-3H3. The molecule has 16 heavy (non-hydrogen) atoms. The molecule has 0 radical (unpaired) electrons. The summed E-state index contributed by atoms with van der Waals surface area (Å²) in [6.07, 6.45) is -0.574. The first-order valence-electron chi connectivity index (χ1n) is 5.50. The summed E-state index contributed by atoms with van der Waals surface area (Å²) < 4.78 is 1.23. The van der Waals surface area contributed by atoms with E-state index >= 15 is 0 Å². The molecule has 1 heterocycles. The van der Waals surface area contributed by atoms with Crippen LogP contribution in [-0.4, -0.2) is 11.1 Å². The zero-order valence-corrected chi connectivity index (χ0v) is 10.6. The minimum Gasteiger partial charge on any atom is -0.374 e. The molecule has 2 nitrogen and oxygen atoms in total. The van der Waals surface area contributed by atoms with Gasteiger partial charge in [0.05, 0.1) is 0 Å². The van der Waals surface area contributed by atoms with Crippen LogP contribution in [0.15, 0.2) is 23.6 Å². The van der Waals surface area contributed by atoms with Gasteiger partial charge >= 0.3 is 0 Å². The monoisotopic (exact) mass is 235 g/mol. The molecule has 2 N–H and O–H groups in total. The number of hydrogen-bond acceptors (Lipinski definition) is 3. The van der Waals surface area contributed by atoms with Crippen LogP contribution in [0.25, 0.3) is 10.1 Å². The van der Waals surface area contributed by atoms with Gasteiger partial charge in [-0.15, -0.1) is 11.3 Å². The molecule has 3 heteroatoms. The van der Waals surface area contributed by atoms with Crippen LogP contribution in [0, 0.1) is 6.92 Å². The molecule has 0 aliphatic heterocycles. The quantitative estimate of drug-likeness (QED) is 0.801. The summed E-state index contributed by atoms with van der Waals surface area (Å²) in [7, 11) is 0. The van der Waals surface area contributed by atoms with Crippen LogP contribution in [0.3, 0.4) is 0 Å². The second kappa shape index (κ2) is 4.53. The molecule has 0 saturated heterocycles. The predicted octanol–water partition coefficient (Wildman–Crippen LogP) is 3.20. The number of thiophene rings is 1. The largest absolute Gasteiger partial charge is 0.374 e. The van der Waals surface area contributed by atoms with E-state index in [-0.39, 0.29) is 6.04 Å².